The third-order valence-corrected chi connectivity index (χ3v) is 4.29. The summed E-state index contributed by atoms with van der Waals surface area (Å²) >= 11 is 0. The van der Waals surface area contributed by atoms with Crippen LogP contribution in [0.15, 0.2) is 42.5 Å². The average molecular weight is 335 g/mol. The number of para-hydroxylation sites is 1. The fourth-order valence-electron chi connectivity index (χ4n) is 3.05. The first-order valence-corrected chi connectivity index (χ1v) is 8.03. The zero-order valence-corrected chi connectivity index (χ0v) is 13.8. The highest BCUT2D eigenvalue weighted by Crippen LogP contribution is 2.32. The normalized spacial score (nSPS) is 16.1. The lowest BCUT2D eigenvalue weighted by molar-refractivity contribution is -0.122. The van der Waals surface area contributed by atoms with Crippen LogP contribution < -0.4 is 15.4 Å². The number of aromatic amines is 1. The van der Waals surface area contributed by atoms with Gasteiger partial charge in [-0.3, -0.25) is 9.59 Å². The van der Waals surface area contributed by atoms with Crippen LogP contribution in [0.4, 0.5) is 11.4 Å². The molecule has 1 aliphatic heterocycles. The summed E-state index contributed by atoms with van der Waals surface area (Å²) in [6, 6.07) is 12.9. The summed E-state index contributed by atoms with van der Waals surface area (Å²) in [5, 5.41) is 6.54. The van der Waals surface area contributed by atoms with Gasteiger partial charge in [-0.1, -0.05) is 18.2 Å². The van der Waals surface area contributed by atoms with E-state index in [1.54, 1.807) is 25.1 Å². The molecule has 4 rings (SSSR count). The summed E-state index contributed by atoms with van der Waals surface area (Å²) in [7, 11) is 0. The second-order valence-electron chi connectivity index (χ2n) is 6.08. The molecule has 0 bridgehead atoms. The largest absolute Gasteiger partial charge is 0.479 e. The predicted octanol–water partition coefficient (Wildman–Crippen LogP) is 3.45. The summed E-state index contributed by atoms with van der Waals surface area (Å²) in [4.78, 5) is 27.7. The third kappa shape index (κ3) is 2.61. The van der Waals surface area contributed by atoms with Gasteiger partial charge in [0, 0.05) is 22.3 Å². The van der Waals surface area contributed by atoms with Crippen molar-refractivity contribution in [1.29, 1.82) is 0 Å². The van der Waals surface area contributed by atoms with E-state index in [2.05, 4.69) is 15.6 Å². The summed E-state index contributed by atoms with van der Waals surface area (Å²) in [6.45, 7) is 3.56. The van der Waals surface area contributed by atoms with Crippen molar-refractivity contribution < 1.29 is 14.3 Å². The molecule has 2 amide bonds. The van der Waals surface area contributed by atoms with Crippen LogP contribution in [0, 0.1) is 6.92 Å². The Bertz CT molecular complexity index is 1010. The Morgan fingerprint density at radius 1 is 1.20 bits per heavy atom. The number of benzene rings is 2. The maximum atomic E-state index is 12.7. The molecular formula is C19H17N3O3. The molecule has 1 aliphatic rings. The molecule has 0 saturated carbocycles. The number of carbonyl (C=O) groups excluding carboxylic acids is 2. The van der Waals surface area contributed by atoms with Gasteiger partial charge in [0.15, 0.2) is 6.10 Å². The van der Waals surface area contributed by atoms with Crippen molar-refractivity contribution in [3.63, 3.8) is 0 Å². The number of ether oxygens (including phenoxy) is 1. The van der Waals surface area contributed by atoms with E-state index in [-0.39, 0.29) is 11.8 Å². The quantitative estimate of drug-likeness (QED) is 0.671. The Morgan fingerprint density at radius 3 is 2.84 bits per heavy atom. The second kappa shape index (κ2) is 5.66. The van der Waals surface area contributed by atoms with Gasteiger partial charge in [-0.05, 0) is 38.1 Å². The van der Waals surface area contributed by atoms with Crippen LogP contribution in [0.5, 0.6) is 5.75 Å². The number of hydrogen-bond acceptors (Lipinski definition) is 3. The van der Waals surface area contributed by atoms with E-state index in [9.17, 15) is 9.59 Å². The van der Waals surface area contributed by atoms with E-state index < -0.39 is 6.10 Å². The van der Waals surface area contributed by atoms with E-state index in [0.29, 0.717) is 22.7 Å². The van der Waals surface area contributed by atoms with Gasteiger partial charge < -0.3 is 20.4 Å². The number of anilines is 2. The maximum Gasteiger partial charge on any atom is 0.265 e. The highest BCUT2D eigenvalue weighted by atomic mass is 16.5. The number of rotatable bonds is 2. The lowest BCUT2D eigenvalue weighted by Gasteiger charge is -2.23. The molecule has 0 spiro atoms. The SMILES string of the molecule is Cc1[nH]c2ccccc2c1C(=O)Nc1ccc2c(c1)NC(=O)[C@H](C)O2. The number of fused-ring (bicyclic) bond motifs is 2. The highest BCUT2D eigenvalue weighted by molar-refractivity contribution is 6.14. The van der Waals surface area contributed by atoms with Gasteiger partial charge in [0.2, 0.25) is 0 Å². The molecule has 0 fully saturated rings. The van der Waals surface area contributed by atoms with Gasteiger partial charge in [-0.2, -0.15) is 0 Å². The minimum absolute atomic E-state index is 0.202. The van der Waals surface area contributed by atoms with Gasteiger partial charge in [-0.25, -0.2) is 0 Å². The first kappa shape index (κ1) is 15.3. The zero-order chi connectivity index (χ0) is 17.6. The molecule has 2 aromatic carbocycles. The van der Waals surface area contributed by atoms with Crippen molar-refractivity contribution >= 4 is 34.1 Å². The Hall–Kier alpha value is -3.28. The fraction of sp³-hybridized carbons (Fsp3) is 0.158. The fourth-order valence-corrected chi connectivity index (χ4v) is 3.05. The number of H-pyrrole nitrogens is 1. The van der Waals surface area contributed by atoms with Crippen LogP contribution >= 0.6 is 0 Å². The van der Waals surface area contributed by atoms with Crippen LogP contribution in [-0.2, 0) is 4.79 Å². The summed E-state index contributed by atoms with van der Waals surface area (Å²) in [5.74, 6) is 0.183. The van der Waals surface area contributed by atoms with Crippen molar-refractivity contribution in [2.45, 2.75) is 20.0 Å². The smallest absolute Gasteiger partial charge is 0.265 e. The predicted molar refractivity (Wildman–Crippen MR) is 96.2 cm³/mol. The molecule has 0 unspecified atom stereocenters. The summed E-state index contributed by atoms with van der Waals surface area (Å²) < 4.78 is 5.52. The van der Waals surface area contributed by atoms with E-state index in [1.165, 1.54) is 0 Å². The number of aryl methyl sites for hydroxylation is 1. The first-order chi connectivity index (χ1) is 12.0. The molecule has 0 radical (unpaired) electrons. The molecule has 25 heavy (non-hydrogen) atoms. The van der Waals surface area contributed by atoms with Crippen molar-refractivity contribution in [2.75, 3.05) is 10.6 Å². The Labute approximate surface area is 144 Å². The van der Waals surface area contributed by atoms with Crippen LogP contribution in [0.3, 0.4) is 0 Å². The average Bonchev–Trinajstić information content (AvgIpc) is 2.92. The maximum absolute atomic E-state index is 12.7. The summed E-state index contributed by atoms with van der Waals surface area (Å²) in [6.07, 6.45) is -0.526. The third-order valence-electron chi connectivity index (χ3n) is 4.29. The second-order valence-corrected chi connectivity index (χ2v) is 6.08. The number of hydrogen-bond donors (Lipinski definition) is 3. The minimum Gasteiger partial charge on any atom is -0.479 e. The van der Waals surface area contributed by atoms with Crippen molar-refractivity contribution in [3.8, 4) is 5.75 Å². The monoisotopic (exact) mass is 335 g/mol. The van der Waals surface area contributed by atoms with Gasteiger partial charge >= 0.3 is 0 Å². The van der Waals surface area contributed by atoms with E-state index in [4.69, 9.17) is 4.74 Å². The van der Waals surface area contributed by atoms with Crippen LogP contribution in [-0.4, -0.2) is 22.9 Å². The number of carbonyl (C=O) groups is 2. The van der Waals surface area contributed by atoms with Gasteiger partial charge in [0.1, 0.15) is 5.75 Å². The standard InChI is InChI=1S/C19H17N3O3/c1-10-17(13-5-3-4-6-14(13)20-10)19(24)21-12-7-8-16-15(9-12)22-18(23)11(2)25-16/h3-9,11,20H,1-2H3,(H,21,24)(H,22,23)/t11-/m0/s1. The van der Waals surface area contributed by atoms with E-state index in [1.807, 2.05) is 31.2 Å². The van der Waals surface area contributed by atoms with Crippen molar-refractivity contribution in [2.24, 2.45) is 0 Å². The van der Waals surface area contributed by atoms with E-state index in [0.717, 1.165) is 16.6 Å². The molecule has 1 atom stereocenters. The van der Waals surface area contributed by atoms with Crippen LogP contribution in [0.25, 0.3) is 10.9 Å². The van der Waals surface area contributed by atoms with Crippen molar-refractivity contribution in [3.05, 3.63) is 53.7 Å². The van der Waals surface area contributed by atoms with Crippen molar-refractivity contribution in [1.82, 2.24) is 4.98 Å². The summed E-state index contributed by atoms with van der Waals surface area (Å²) in [5.41, 5.74) is 3.48. The zero-order valence-electron chi connectivity index (χ0n) is 13.8. The molecule has 3 aromatic rings. The molecule has 1 aromatic heterocycles. The molecule has 6 nitrogen and oxygen atoms in total. The Balaban J connectivity index is 1.64. The number of amides is 2. The molecule has 2 heterocycles. The van der Waals surface area contributed by atoms with Crippen LogP contribution in [0.2, 0.25) is 0 Å². The molecular weight excluding hydrogens is 318 g/mol. The number of nitrogens with one attached hydrogen (secondary N) is 3. The lowest BCUT2D eigenvalue weighted by Crippen LogP contribution is -2.34. The first-order valence-electron chi connectivity index (χ1n) is 8.03. The molecule has 3 N–H and O–H groups in total. The van der Waals surface area contributed by atoms with Gasteiger partial charge in [0.05, 0.1) is 11.3 Å². The number of aromatic nitrogens is 1. The molecule has 126 valence electrons. The molecule has 0 aliphatic carbocycles. The minimum atomic E-state index is -0.526. The van der Waals surface area contributed by atoms with E-state index >= 15 is 0 Å². The van der Waals surface area contributed by atoms with Crippen LogP contribution in [0.1, 0.15) is 23.0 Å². The molecule has 0 saturated heterocycles. The Morgan fingerprint density at radius 2 is 2.00 bits per heavy atom. The lowest BCUT2D eigenvalue weighted by atomic mass is 10.1. The van der Waals surface area contributed by atoms with Gasteiger partial charge in [0.25, 0.3) is 11.8 Å². The van der Waals surface area contributed by atoms with Gasteiger partial charge in [-0.15, -0.1) is 0 Å². The Kier molecular flexibility index (Phi) is 3.46. The molecule has 6 heteroatoms. The highest BCUT2D eigenvalue weighted by Gasteiger charge is 2.24. The topological polar surface area (TPSA) is 83.2 Å².